The van der Waals surface area contributed by atoms with Crippen LogP contribution in [0.5, 0.6) is 0 Å². The van der Waals surface area contributed by atoms with Crippen molar-refractivity contribution >= 4 is 53.1 Å². The summed E-state index contributed by atoms with van der Waals surface area (Å²) in [5.74, 6) is -2.33. The molecular formula is C12H17NO5S3. The maximum Gasteiger partial charge on any atom is 0.343 e. The van der Waals surface area contributed by atoms with Gasteiger partial charge in [0.15, 0.2) is 0 Å². The van der Waals surface area contributed by atoms with Crippen molar-refractivity contribution in [1.29, 1.82) is 0 Å². The van der Waals surface area contributed by atoms with Crippen LogP contribution in [-0.4, -0.2) is 50.2 Å². The third-order valence-electron chi connectivity index (χ3n) is 2.52. The molecule has 1 atom stereocenters. The molecule has 21 heavy (non-hydrogen) atoms. The highest BCUT2D eigenvalue weighted by Gasteiger charge is 2.39. The predicted molar refractivity (Wildman–Crippen MR) is 86.5 cm³/mol. The lowest BCUT2D eigenvalue weighted by molar-refractivity contribution is -0.141. The Balaban J connectivity index is 2.87. The molecule has 1 amide bonds. The molecule has 0 aliphatic carbocycles. The number of carboxylic acids is 2. The van der Waals surface area contributed by atoms with Gasteiger partial charge in [0, 0.05) is 0 Å². The normalized spacial score (nSPS) is 18.4. The van der Waals surface area contributed by atoms with Crippen LogP contribution < -0.4 is 5.32 Å². The second-order valence-corrected chi connectivity index (χ2v) is 9.22. The van der Waals surface area contributed by atoms with Gasteiger partial charge in [0.1, 0.15) is 10.9 Å². The number of nitrogens with one attached hydrogen (secondary N) is 1. The molecule has 0 fully saturated rings. The van der Waals surface area contributed by atoms with E-state index >= 15 is 0 Å². The van der Waals surface area contributed by atoms with Crippen LogP contribution in [-0.2, 0) is 14.4 Å². The number of hydrogen-bond donors (Lipinski definition) is 3. The fraction of sp³-hybridized carbons (Fsp3) is 0.583. The molecule has 6 nitrogen and oxygen atoms in total. The lowest BCUT2D eigenvalue weighted by Gasteiger charge is -2.16. The maximum atomic E-state index is 12.2. The van der Waals surface area contributed by atoms with Crippen LogP contribution in [0.2, 0.25) is 0 Å². The monoisotopic (exact) mass is 351 g/mol. The van der Waals surface area contributed by atoms with Crippen LogP contribution >= 0.6 is 35.3 Å². The maximum absolute atomic E-state index is 12.2. The molecule has 0 saturated carbocycles. The van der Waals surface area contributed by atoms with E-state index in [-0.39, 0.29) is 9.81 Å². The van der Waals surface area contributed by atoms with E-state index in [4.69, 9.17) is 10.2 Å². The lowest BCUT2D eigenvalue weighted by atomic mass is 10.2. The number of carboxylic acid groups (broad SMARTS) is 2. The number of carbonyl (C=O) groups excluding carboxylic acids is 1. The first-order valence-electron chi connectivity index (χ1n) is 6.06. The van der Waals surface area contributed by atoms with Crippen LogP contribution in [0.3, 0.4) is 0 Å². The molecule has 0 radical (unpaired) electrons. The molecule has 0 aromatic carbocycles. The summed E-state index contributed by atoms with van der Waals surface area (Å²) < 4.78 is -0.460. The molecule has 118 valence electrons. The van der Waals surface area contributed by atoms with Crippen molar-refractivity contribution in [3.63, 3.8) is 0 Å². The molecule has 3 N–H and O–H groups in total. The molecule has 0 bridgehead atoms. The average molecular weight is 351 g/mol. The zero-order valence-corrected chi connectivity index (χ0v) is 14.3. The molecule has 0 aromatic heterocycles. The Bertz CT molecular complexity index is 489. The highest BCUT2D eigenvalue weighted by Crippen LogP contribution is 2.53. The summed E-state index contributed by atoms with van der Waals surface area (Å²) in [4.78, 5) is 34.6. The summed E-state index contributed by atoms with van der Waals surface area (Å²) in [6, 6.07) is -1.01. The minimum Gasteiger partial charge on any atom is -0.480 e. The molecule has 1 rings (SSSR count). The Morgan fingerprint density at radius 1 is 1.24 bits per heavy atom. The summed E-state index contributed by atoms with van der Waals surface area (Å²) in [6.07, 6.45) is 2.14. The minimum atomic E-state index is -1.17. The van der Waals surface area contributed by atoms with E-state index in [0.717, 1.165) is 23.5 Å². The molecule has 0 spiro atoms. The highest BCUT2D eigenvalue weighted by molar-refractivity contribution is 8.25. The van der Waals surface area contributed by atoms with Crippen molar-refractivity contribution in [3.05, 3.63) is 9.81 Å². The Hall–Kier alpha value is -0.800. The van der Waals surface area contributed by atoms with E-state index < -0.39 is 28.0 Å². The molecule has 0 aromatic rings. The number of rotatable bonds is 7. The van der Waals surface area contributed by atoms with Gasteiger partial charge in [-0.25, -0.2) is 9.59 Å². The van der Waals surface area contributed by atoms with Gasteiger partial charge in [-0.2, -0.15) is 11.8 Å². The number of hydrogen-bond acceptors (Lipinski definition) is 6. The summed E-state index contributed by atoms with van der Waals surface area (Å²) in [6.45, 7) is 3.63. The van der Waals surface area contributed by atoms with Gasteiger partial charge in [-0.3, -0.25) is 4.79 Å². The van der Waals surface area contributed by atoms with Gasteiger partial charge in [-0.05, 0) is 32.3 Å². The topological polar surface area (TPSA) is 104 Å². The zero-order valence-electron chi connectivity index (χ0n) is 11.8. The van der Waals surface area contributed by atoms with Crippen LogP contribution in [0.25, 0.3) is 0 Å². The fourth-order valence-electron chi connectivity index (χ4n) is 1.61. The summed E-state index contributed by atoms with van der Waals surface area (Å²) in [5, 5.41) is 20.7. The number of carbonyl (C=O) groups is 3. The fourth-order valence-corrected chi connectivity index (χ4v) is 4.59. The van der Waals surface area contributed by atoms with E-state index in [1.54, 1.807) is 0 Å². The SMILES string of the molecule is CSCC[C@H](NC(=O)C1=C(C(=O)O)SC(C)(C)S1)C(=O)O. The van der Waals surface area contributed by atoms with Gasteiger partial charge in [0.2, 0.25) is 0 Å². The minimum absolute atomic E-state index is 0.0310. The summed E-state index contributed by atoms with van der Waals surface area (Å²) in [7, 11) is 0. The molecular weight excluding hydrogens is 334 g/mol. The van der Waals surface area contributed by atoms with E-state index in [0.29, 0.717) is 12.2 Å². The van der Waals surface area contributed by atoms with E-state index in [1.807, 2.05) is 20.1 Å². The van der Waals surface area contributed by atoms with Crippen LogP contribution in [0.4, 0.5) is 0 Å². The van der Waals surface area contributed by atoms with Crippen molar-refractivity contribution in [3.8, 4) is 0 Å². The van der Waals surface area contributed by atoms with Crippen molar-refractivity contribution < 1.29 is 24.6 Å². The smallest absolute Gasteiger partial charge is 0.343 e. The van der Waals surface area contributed by atoms with Gasteiger partial charge in [-0.1, -0.05) is 11.8 Å². The van der Waals surface area contributed by atoms with Crippen molar-refractivity contribution in [1.82, 2.24) is 5.32 Å². The predicted octanol–water partition coefficient (Wildman–Crippen LogP) is 1.82. The Morgan fingerprint density at radius 2 is 1.81 bits per heavy atom. The van der Waals surface area contributed by atoms with E-state index in [9.17, 15) is 14.4 Å². The van der Waals surface area contributed by atoms with Crippen LogP contribution in [0.15, 0.2) is 9.81 Å². The van der Waals surface area contributed by atoms with Gasteiger partial charge in [0.05, 0.1) is 8.98 Å². The van der Waals surface area contributed by atoms with Crippen LogP contribution in [0, 0.1) is 0 Å². The second-order valence-electron chi connectivity index (χ2n) is 4.71. The third-order valence-corrected chi connectivity index (χ3v) is 5.95. The Labute approximate surface area is 135 Å². The molecule has 1 aliphatic rings. The van der Waals surface area contributed by atoms with Crippen molar-refractivity contribution in [2.24, 2.45) is 0 Å². The van der Waals surface area contributed by atoms with Gasteiger partial charge < -0.3 is 15.5 Å². The quantitative estimate of drug-likeness (QED) is 0.638. The third kappa shape index (κ3) is 5.15. The molecule has 1 aliphatic heterocycles. The van der Waals surface area contributed by atoms with Crippen molar-refractivity contribution in [2.45, 2.75) is 30.4 Å². The number of thioether (sulfide) groups is 3. The van der Waals surface area contributed by atoms with Crippen LogP contribution in [0.1, 0.15) is 20.3 Å². The summed E-state index contributed by atoms with van der Waals surface area (Å²) >= 11 is 3.72. The second kappa shape index (κ2) is 7.46. The first-order chi connectivity index (χ1) is 9.68. The van der Waals surface area contributed by atoms with E-state index in [1.165, 1.54) is 11.8 Å². The zero-order chi connectivity index (χ0) is 16.2. The first-order valence-corrected chi connectivity index (χ1v) is 9.09. The summed E-state index contributed by atoms with van der Waals surface area (Å²) in [5.41, 5.74) is 0. The van der Waals surface area contributed by atoms with Crippen molar-refractivity contribution in [2.75, 3.05) is 12.0 Å². The van der Waals surface area contributed by atoms with Gasteiger partial charge >= 0.3 is 11.9 Å². The number of amides is 1. The Morgan fingerprint density at radius 3 is 2.29 bits per heavy atom. The highest BCUT2D eigenvalue weighted by atomic mass is 32.2. The van der Waals surface area contributed by atoms with Gasteiger partial charge in [-0.15, -0.1) is 11.8 Å². The molecule has 9 heteroatoms. The standard InChI is InChI=1S/C12H17NO5S3/c1-12(2)20-7(8(21-12)11(17)18)9(14)13-6(10(15)16)4-5-19-3/h6H,4-5H2,1-3H3,(H,13,14)(H,15,16)(H,17,18)/t6-/m0/s1. The van der Waals surface area contributed by atoms with E-state index in [2.05, 4.69) is 5.32 Å². The molecule has 0 unspecified atom stereocenters. The molecule has 1 heterocycles. The largest absolute Gasteiger partial charge is 0.480 e. The lowest BCUT2D eigenvalue weighted by Crippen LogP contribution is -2.41. The Kier molecular flexibility index (Phi) is 6.48. The van der Waals surface area contributed by atoms with Gasteiger partial charge in [0.25, 0.3) is 5.91 Å². The number of aliphatic carboxylic acids is 2. The average Bonchev–Trinajstić information content (AvgIpc) is 2.70. The molecule has 0 saturated heterocycles. The first kappa shape index (κ1) is 18.2.